The maximum absolute atomic E-state index is 11.9. The van der Waals surface area contributed by atoms with Crippen LogP contribution in [0.2, 0.25) is 0 Å². The number of carbonyl (C=O) groups is 2. The molecule has 2 rings (SSSR count). The van der Waals surface area contributed by atoms with Gasteiger partial charge in [0.15, 0.2) is 6.61 Å². The van der Waals surface area contributed by atoms with Crippen LogP contribution in [0.4, 0.5) is 0 Å². The summed E-state index contributed by atoms with van der Waals surface area (Å²) in [7, 11) is 0. The number of hydrogen-bond acceptors (Lipinski definition) is 5. The Labute approximate surface area is 139 Å². The van der Waals surface area contributed by atoms with Crippen molar-refractivity contribution in [1.29, 1.82) is 0 Å². The van der Waals surface area contributed by atoms with Gasteiger partial charge in [0.25, 0.3) is 11.5 Å². The monoisotopic (exact) mass is 331 g/mol. The average molecular weight is 331 g/mol. The largest absolute Gasteiger partial charge is 0.455 e. The second-order valence-corrected chi connectivity index (χ2v) is 6.17. The lowest BCUT2D eigenvalue weighted by molar-refractivity contribution is -0.148. The first-order valence-electron chi connectivity index (χ1n) is 7.75. The maximum Gasteiger partial charge on any atom is 0.312 e. The molecule has 0 radical (unpaired) electrons. The van der Waals surface area contributed by atoms with E-state index in [-0.39, 0.29) is 30.0 Å². The standard InChI is InChI=1S/C17H21N3O4/c1-4-17(2,3)18-14(21)10-24-15(22)9-13-11-7-5-6-8-12(11)16(23)20-19-13/h5-8H,4,9-10H2,1-3H3,(H,18,21)(H,20,23). The van der Waals surface area contributed by atoms with E-state index in [9.17, 15) is 14.4 Å². The van der Waals surface area contributed by atoms with Crippen LogP contribution >= 0.6 is 0 Å². The lowest BCUT2D eigenvalue weighted by atomic mass is 10.0. The van der Waals surface area contributed by atoms with Gasteiger partial charge in [-0.3, -0.25) is 14.4 Å². The number of hydrogen-bond donors (Lipinski definition) is 2. The summed E-state index contributed by atoms with van der Waals surface area (Å²) in [4.78, 5) is 35.4. The van der Waals surface area contributed by atoms with E-state index < -0.39 is 5.97 Å². The fourth-order valence-corrected chi connectivity index (χ4v) is 2.14. The van der Waals surface area contributed by atoms with Gasteiger partial charge < -0.3 is 10.1 Å². The van der Waals surface area contributed by atoms with Gasteiger partial charge >= 0.3 is 5.97 Å². The minimum Gasteiger partial charge on any atom is -0.455 e. The van der Waals surface area contributed by atoms with Crippen molar-refractivity contribution >= 4 is 22.6 Å². The number of benzene rings is 1. The Hall–Kier alpha value is -2.70. The molecule has 0 aliphatic rings. The van der Waals surface area contributed by atoms with E-state index in [0.29, 0.717) is 16.5 Å². The minimum absolute atomic E-state index is 0.123. The molecule has 2 N–H and O–H groups in total. The maximum atomic E-state index is 11.9. The van der Waals surface area contributed by atoms with Gasteiger partial charge in [-0.2, -0.15) is 5.10 Å². The summed E-state index contributed by atoms with van der Waals surface area (Å²) in [5.41, 5.74) is -0.256. The van der Waals surface area contributed by atoms with E-state index in [1.807, 2.05) is 20.8 Å². The number of nitrogens with one attached hydrogen (secondary N) is 2. The SMILES string of the molecule is CCC(C)(C)NC(=O)COC(=O)Cc1n[nH]c(=O)c2ccccc12. The average Bonchev–Trinajstić information content (AvgIpc) is 2.55. The highest BCUT2D eigenvalue weighted by molar-refractivity contribution is 5.87. The Bertz CT molecular complexity index is 811. The number of rotatable bonds is 6. The molecule has 0 saturated carbocycles. The van der Waals surface area contributed by atoms with E-state index in [4.69, 9.17) is 4.74 Å². The van der Waals surface area contributed by atoms with Crippen molar-refractivity contribution in [1.82, 2.24) is 15.5 Å². The topological polar surface area (TPSA) is 101 Å². The highest BCUT2D eigenvalue weighted by Crippen LogP contribution is 2.13. The molecule has 1 aromatic carbocycles. The van der Waals surface area contributed by atoms with E-state index in [1.165, 1.54) is 0 Å². The number of carbonyl (C=O) groups excluding carboxylic acids is 2. The molecular weight excluding hydrogens is 310 g/mol. The molecule has 0 bridgehead atoms. The van der Waals surface area contributed by atoms with Gasteiger partial charge in [-0.05, 0) is 26.3 Å². The molecule has 1 heterocycles. The first kappa shape index (κ1) is 17.7. The van der Waals surface area contributed by atoms with Gasteiger partial charge in [-0.15, -0.1) is 0 Å². The molecular formula is C17H21N3O4. The van der Waals surface area contributed by atoms with Crippen molar-refractivity contribution < 1.29 is 14.3 Å². The van der Waals surface area contributed by atoms with E-state index in [2.05, 4.69) is 15.5 Å². The molecule has 0 aliphatic carbocycles. The smallest absolute Gasteiger partial charge is 0.312 e. The van der Waals surface area contributed by atoms with Gasteiger partial charge in [0, 0.05) is 10.9 Å². The highest BCUT2D eigenvalue weighted by Gasteiger charge is 2.19. The number of amides is 1. The number of nitrogens with zero attached hydrogens (tertiary/aromatic N) is 1. The van der Waals surface area contributed by atoms with Crippen LogP contribution in [0.25, 0.3) is 10.8 Å². The van der Waals surface area contributed by atoms with Crippen molar-refractivity contribution in [3.8, 4) is 0 Å². The summed E-state index contributed by atoms with van der Waals surface area (Å²) < 4.78 is 4.99. The Morgan fingerprint density at radius 1 is 1.25 bits per heavy atom. The molecule has 1 aromatic heterocycles. The number of aromatic nitrogens is 2. The molecule has 0 spiro atoms. The predicted molar refractivity (Wildman–Crippen MR) is 89.5 cm³/mol. The van der Waals surface area contributed by atoms with Crippen molar-refractivity contribution in [2.24, 2.45) is 0 Å². The molecule has 2 aromatic rings. The van der Waals surface area contributed by atoms with E-state index >= 15 is 0 Å². The van der Waals surface area contributed by atoms with Crippen LogP contribution in [-0.4, -0.2) is 34.2 Å². The fraction of sp³-hybridized carbons (Fsp3) is 0.412. The Morgan fingerprint density at radius 3 is 2.58 bits per heavy atom. The third kappa shape index (κ3) is 4.41. The van der Waals surface area contributed by atoms with Gasteiger partial charge in [0.2, 0.25) is 0 Å². The summed E-state index contributed by atoms with van der Waals surface area (Å²) in [6.07, 6.45) is 0.641. The van der Waals surface area contributed by atoms with E-state index in [1.54, 1.807) is 24.3 Å². The van der Waals surface area contributed by atoms with Crippen LogP contribution in [0.3, 0.4) is 0 Å². The predicted octanol–water partition coefficient (Wildman–Crippen LogP) is 1.31. The second kappa shape index (κ2) is 7.25. The molecule has 0 fully saturated rings. The van der Waals surface area contributed by atoms with Gasteiger partial charge in [0.05, 0.1) is 17.5 Å². The molecule has 0 saturated heterocycles. The van der Waals surface area contributed by atoms with Crippen LogP contribution in [-0.2, 0) is 20.7 Å². The lowest BCUT2D eigenvalue weighted by Crippen LogP contribution is -2.44. The number of esters is 1. The summed E-state index contributed by atoms with van der Waals surface area (Å²) in [5.74, 6) is -0.932. The van der Waals surface area contributed by atoms with Crippen LogP contribution < -0.4 is 10.9 Å². The summed E-state index contributed by atoms with van der Waals surface area (Å²) in [6.45, 7) is 5.40. The second-order valence-electron chi connectivity index (χ2n) is 6.17. The third-order valence-electron chi connectivity index (χ3n) is 3.81. The quantitative estimate of drug-likeness (QED) is 0.777. The van der Waals surface area contributed by atoms with Crippen LogP contribution in [0.15, 0.2) is 29.1 Å². The van der Waals surface area contributed by atoms with Gasteiger partial charge in [-0.1, -0.05) is 25.1 Å². The minimum atomic E-state index is -0.579. The molecule has 0 aliphatic heterocycles. The van der Waals surface area contributed by atoms with E-state index in [0.717, 1.165) is 6.42 Å². The molecule has 1 amide bonds. The van der Waals surface area contributed by atoms with Crippen LogP contribution in [0, 0.1) is 0 Å². The zero-order valence-corrected chi connectivity index (χ0v) is 14.0. The van der Waals surface area contributed by atoms with Gasteiger partial charge in [-0.25, -0.2) is 5.10 Å². The number of aromatic amines is 1. The van der Waals surface area contributed by atoms with Crippen molar-refractivity contribution in [3.05, 3.63) is 40.3 Å². The van der Waals surface area contributed by atoms with Gasteiger partial charge in [0.1, 0.15) is 0 Å². The third-order valence-corrected chi connectivity index (χ3v) is 3.81. The zero-order valence-electron chi connectivity index (χ0n) is 14.0. The first-order valence-corrected chi connectivity index (χ1v) is 7.75. The van der Waals surface area contributed by atoms with Crippen LogP contribution in [0.5, 0.6) is 0 Å². The number of ether oxygens (including phenoxy) is 1. The fourth-order valence-electron chi connectivity index (χ4n) is 2.14. The van der Waals surface area contributed by atoms with Crippen molar-refractivity contribution in [2.45, 2.75) is 39.2 Å². The Kier molecular flexibility index (Phi) is 5.33. The molecule has 0 atom stereocenters. The summed E-state index contributed by atoms with van der Waals surface area (Å²) in [6, 6.07) is 6.87. The molecule has 0 unspecified atom stereocenters. The van der Waals surface area contributed by atoms with Crippen molar-refractivity contribution in [2.75, 3.05) is 6.61 Å². The molecule has 24 heavy (non-hydrogen) atoms. The Morgan fingerprint density at radius 2 is 1.92 bits per heavy atom. The molecule has 7 nitrogen and oxygen atoms in total. The highest BCUT2D eigenvalue weighted by atomic mass is 16.5. The normalized spacial score (nSPS) is 11.3. The zero-order chi connectivity index (χ0) is 17.7. The Balaban J connectivity index is 2.00. The lowest BCUT2D eigenvalue weighted by Gasteiger charge is -2.24. The van der Waals surface area contributed by atoms with Crippen molar-refractivity contribution in [3.63, 3.8) is 0 Å². The number of H-pyrrole nitrogens is 1. The first-order chi connectivity index (χ1) is 11.3. The molecule has 128 valence electrons. The summed E-state index contributed by atoms with van der Waals surface area (Å²) in [5, 5.41) is 10.1. The summed E-state index contributed by atoms with van der Waals surface area (Å²) >= 11 is 0. The molecule has 7 heteroatoms. The van der Waals surface area contributed by atoms with Crippen LogP contribution in [0.1, 0.15) is 32.9 Å². The number of fused-ring (bicyclic) bond motifs is 1.